The van der Waals surface area contributed by atoms with Crippen LogP contribution in [0.15, 0.2) is 53.3 Å². The first-order valence-corrected chi connectivity index (χ1v) is 12.0. The van der Waals surface area contributed by atoms with Gasteiger partial charge in [0.05, 0.1) is 18.5 Å². The van der Waals surface area contributed by atoms with E-state index < -0.39 is 11.7 Å². The Bertz CT molecular complexity index is 1330. The number of carbonyl (C=O) groups excluding carboxylic acids is 1. The van der Waals surface area contributed by atoms with Gasteiger partial charge in [-0.15, -0.1) is 15.7 Å². The largest absolute Gasteiger partial charge is 0.478 e. The minimum Gasteiger partial charge on any atom is -0.478 e. The van der Waals surface area contributed by atoms with E-state index in [1.807, 2.05) is 24.3 Å². The van der Waals surface area contributed by atoms with E-state index in [4.69, 9.17) is 0 Å². The fourth-order valence-electron chi connectivity index (χ4n) is 4.67. The van der Waals surface area contributed by atoms with Crippen molar-refractivity contribution in [2.24, 2.45) is 5.92 Å². The van der Waals surface area contributed by atoms with E-state index in [9.17, 15) is 19.5 Å². The number of aromatic carboxylic acids is 1. The molecule has 7 nitrogen and oxygen atoms in total. The lowest BCUT2D eigenvalue weighted by atomic mass is 9.87. The van der Waals surface area contributed by atoms with Gasteiger partial charge in [-0.2, -0.15) is 0 Å². The molecule has 0 aliphatic heterocycles. The molecule has 7 heteroatoms. The Morgan fingerprint density at radius 1 is 1.06 bits per heavy atom. The molecule has 0 atom stereocenters. The SMILES string of the molecule is CC#CCc1nn(C(=O)CC2CCCCC2)c(=O)n1Cc1ccc(-c2ccccc2C(=O)O)cc1. The van der Waals surface area contributed by atoms with Crippen molar-refractivity contribution in [1.29, 1.82) is 0 Å². The lowest BCUT2D eigenvalue weighted by Crippen LogP contribution is -2.31. The minimum absolute atomic E-state index is 0.231. The zero-order chi connectivity index (χ0) is 24.8. The summed E-state index contributed by atoms with van der Waals surface area (Å²) in [6.45, 7) is 1.97. The van der Waals surface area contributed by atoms with Crippen LogP contribution in [-0.2, 0) is 13.0 Å². The van der Waals surface area contributed by atoms with Gasteiger partial charge in [-0.05, 0) is 48.4 Å². The van der Waals surface area contributed by atoms with E-state index in [0.29, 0.717) is 23.7 Å². The van der Waals surface area contributed by atoms with E-state index >= 15 is 0 Å². The monoisotopic (exact) mass is 471 g/mol. The van der Waals surface area contributed by atoms with Crippen molar-refractivity contribution >= 4 is 11.9 Å². The Morgan fingerprint density at radius 3 is 2.46 bits per heavy atom. The second kappa shape index (κ2) is 11.0. The summed E-state index contributed by atoms with van der Waals surface area (Å²) < 4.78 is 2.52. The first kappa shape index (κ1) is 24.2. The summed E-state index contributed by atoms with van der Waals surface area (Å²) in [5.74, 6) is 5.30. The number of rotatable bonds is 7. The molecule has 1 aromatic heterocycles. The van der Waals surface area contributed by atoms with Crippen LogP contribution >= 0.6 is 0 Å². The highest BCUT2D eigenvalue weighted by Gasteiger charge is 2.23. The molecule has 0 amide bonds. The van der Waals surface area contributed by atoms with Gasteiger partial charge in [-0.1, -0.05) is 67.6 Å². The molecule has 1 saturated carbocycles. The van der Waals surface area contributed by atoms with Gasteiger partial charge in [0.25, 0.3) is 5.91 Å². The molecular formula is C28H29N3O4. The van der Waals surface area contributed by atoms with E-state index in [1.165, 1.54) is 11.0 Å². The number of carboxylic acid groups (broad SMARTS) is 1. The molecule has 0 bridgehead atoms. The van der Waals surface area contributed by atoms with Gasteiger partial charge in [-0.25, -0.2) is 9.59 Å². The zero-order valence-corrected chi connectivity index (χ0v) is 19.9. The van der Waals surface area contributed by atoms with Gasteiger partial charge < -0.3 is 5.11 Å². The Morgan fingerprint density at radius 2 is 1.77 bits per heavy atom. The lowest BCUT2D eigenvalue weighted by molar-refractivity contribution is 0.0697. The zero-order valence-electron chi connectivity index (χ0n) is 19.9. The van der Waals surface area contributed by atoms with Crippen LogP contribution in [0, 0.1) is 17.8 Å². The Labute approximate surface area is 204 Å². The number of nitrogens with zero attached hydrogens (tertiary/aromatic N) is 3. The van der Waals surface area contributed by atoms with Gasteiger partial charge in [0.1, 0.15) is 5.82 Å². The van der Waals surface area contributed by atoms with Gasteiger partial charge in [0, 0.05) is 6.42 Å². The van der Waals surface area contributed by atoms with Crippen LogP contribution in [0.25, 0.3) is 11.1 Å². The summed E-state index contributed by atoms with van der Waals surface area (Å²) in [7, 11) is 0. The number of aromatic nitrogens is 3. The van der Waals surface area contributed by atoms with Crippen molar-refractivity contribution in [3.63, 3.8) is 0 Å². The molecule has 0 spiro atoms. The van der Waals surface area contributed by atoms with Gasteiger partial charge >= 0.3 is 11.7 Å². The summed E-state index contributed by atoms with van der Waals surface area (Å²) in [5, 5.41) is 13.8. The molecule has 1 heterocycles. The molecule has 4 rings (SSSR count). The molecule has 1 fully saturated rings. The Kier molecular flexibility index (Phi) is 7.61. The second-order valence-corrected chi connectivity index (χ2v) is 8.95. The quantitative estimate of drug-likeness (QED) is 0.507. The topological polar surface area (TPSA) is 94.2 Å². The maximum absolute atomic E-state index is 13.2. The first-order valence-electron chi connectivity index (χ1n) is 12.0. The molecule has 1 aliphatic carbocycles. The highest BCUT2D eigenvalue weighted by Crippen LogP contribution is 2.27. The van der Waals surface area contributed by atoms with Crippen LogP contribution in [0.1, 0.15) is 72.0 Å². The fourth-order valence-corrected chi connectivity index (χ4v) is 4.67. The van der Waals surface area contributed by atoms with E-state index in [-0.39, 0.29) is 24.4 Å². The van der Waals surface area contributed by atoms with Crippen molar-refractivity contribution in [2.75, 3.05) is 0 Å². The maximum Gasteiger partial charge on any atom is 0.353 e. The van der Waals surface area contributed by atoms with Crippen LogP contribution < -0.4 is 5.69 Å². The molecule has 180 valence electrons. The molecule has 1 N–H and O–H groups in total. The molecule has 0 unspecified atom stereocenters. The first-order chi connectivity index (χ1) is 17.0. The number of carboxylic acids is 1. The predicted octanol–water partition coefficient (Wildman–Crippen LogP) is 4.63. The van der Waals surface area contributed by atoms with Gasteiger partial charge in [0.15, 0.2) is 0 Å². The number of benzene rings is 2. The van der Waals surface area contributed by atoms with E-state index in [2.05, 4.69) is 16.9 Å². The summed E-state index contributed by atoms with van der Waals surface area (Å²) in [5.41, 5.74) is 2.03. The molecule has 0 saturated heterocycles. The van der Waals surface area contributed by atoms with Crippen molar-refractivity contribution < 1.29 is 14.7 Å². The standard InChI is InChI=1S/C28H29N3O4/c1-2-3-13-25-29-31(26(32)18-20-9-5-4-6-10-20)28(35)30(25)19-21-14-16-22(17-15-21)23-11-7-8-12-24(23)27(33)34/h7-8,11-12,14-17,20H,4-6,9-10,13,18-19H2,1H3,(H,33,34). The van der Waals surface area contributed by atoms with Crippen molar-refractivity contribution in [2.45, 2.75) is 58.4 Å². The number of hydrogen-bond acceptors (Lipinski definition) is 4. The normalized spacial score (nSPS) is 13.7. The summed E-state index contributed by atoms with van der Waals surface area (Å²) in [6.07, 6.45) is 6.13. The van der Waals surface area contributed by atoms with Crippen LogP contribution in [-0.4, -0.2) is 31.3 Å². The van der Waals surface area contributed by atoms with Crippen LogP contribution in [0.4, 0.5) is 0 Å². The lowest BCUT2D eigenvalue weighted by Gasteiger charge is -2.20. The summed E-state index contributed by atoms with van der Waals surface area (Å²) in [4.78, 5) is 37.7. The fraction of sp³-hybridized carbons (Fsp3) is 0.357. The third-order valence-electron chi connectivity index (χ3n) is 6.55. The number of hydrogen-bond donors (Lipinski definition) is 1. The van der Waals surface area contributed by atoms with E-state index in [0.717, 1.165) is 41.5 Å². The Hall–Kier alpha value is -3.92. The predicted molar refractivity (Wildman–Crippen MR) is 133 cm³/mol. The maximum atomic E-state index is 13.2. The summed E-state index contributed by atoms with van der Waals surface area (Å²) in [6, 6.07) is 14.2. The third-order valence-corrected chi connectivity index (χ3v) is 6.55. The molecular weight excluding hydrogens is 442 g/mol. The molecule has 35 heavy (non-hydrogen) atoms. The highest BCUT2D eigenvalue weighted by atomic mass is 16.4. The highest BCUT2D eigenvalue weighted by molar-refractivity contribution is 5.96. The average Bonchev–Trinajstić information content (AvgIpc) is 3.18. The second-order valence-electron chi connectivity index (χ2n) is 8.95. The van der Waals surface area contributed by atoms with Crippen molar-refractivity contribution in [3.8, 4) is 23.0 Å². The van der Waals surface area contributed by atoms with Crippen molar-refractivity contribution in [3.05, 3.63) is 76.0 Å². The minimum atomic E-state index is -0.983. The average molecular weight is 472 g/mol. The smallest absolute Gasteiger partial charge is 0.353 e. The van der Waals surface area contributed by atoms with Crippen LogP contribution in [0.2, 0.25) is 0 Å². The van der Waals surface area contributed by atoms with Gasteiger partial charge in [0.2, 0.25) is 0 Å². The van der Waals surface area contributed by atoms with Crippen molar-refractivity contribution in [1.82, 2.24) is 14.3 Å². The molecule has 0 radical (unpaired) electrons. The van der Waals surface area contributed by atoms with E-state index in [1.54, 1.807) is 31.2 Å². The summed E-state index contributed by atoms with van der Waals surface area (Å²) >= 11 is 0. The number of carbonyl (C=O) groups is 2. The molecule has 1 aliphatic rings. The van der Waals surface area contributed by atoms with Crippen LogP contribution in [0.5, 0.6) is 0 Å². The van der Waals surface area contributed by atoms with Gasteiger partial charge in [-0.3, -0.25) is 9.36 Å². The van der Waals surface area contributed by atoms with Crippen LogP contribution in [0.3, 0.4) is 0 Å². The Balaban J connectivity index is 1.59. The molecule has 3 aromatic rings. The third kappa shape index (κ3) is 5.60. The molecule has 2 aromatic carbocycles.